The summed E-state index contributed by atoms with van der Waals surface area (Å²) in [5, 5.41) is 3.30. The van der Waals surface area contributed by atoms with Crippen molar-refractivity contribution in [3.05, 3.63) is 16.1 Å². The number of rotatable bonds is 3. The summed E-state index contributed by atoms with van der Waals surface area (Å²) in [7, 11) is 0. The van der Waals surface area contributed by atoms with E-state index in [1.165, 1.54) is 5.01 Å². The second-order valence-electron chi connectivity index (χ2n) is 2.81. The third kappa shape index (κ3) is 2.27. The maximum absolute atomic E-state index is 5.45. The first-order chi connectivity index (χ1) is 5.24. The Morgan fingerprint density at radius 2 is 2.45 bits per heavy atom. The molecule has 3 heteroatoms. The molecule has 0 aliphatic carbocycles. The number of nitrogens with zero attached hydrogens (tertiary/aromatic N) is 1. The summed E-state index contributed by atoms with van der Waals surface area (Å²) in [6, 6.07) is 0. The van der Waals surface area contributed by atoms with Gasteiger partial charge in [0.25, 0.3) is 0 Å². The minimum absolute atomic E-state index is 0.527. The molecule has 0 aromatic carbocycles. The molecule has 1 atom stereocenters. The summed E-state index contributed by atoms with van der Waals surface area (Å²) < 4.78 is 0. The fraction of sp³-hybridized carbons (Fsp3) is 0.625. The number of aryl methyl sites for hydroxylation is 1. The van der Waals surface area contributed by atoms with E-state index in [0.717, 1.165) is 18.7 Å². The van der Waals surface area contributed by atoms with Gasteiger partial charge in [-0.3, -0.25) is 0 Å². The lowest BCUT2D eigenvalue weighted by Gasteiger charge is -2.03. The van der Waals surface area contributed by atoms with Crippen molar-refractivity contribution >= 4 is 11.3 Å². The van der Waals surface area contributed by atoms with Crippen LogP contribution in [-0.2, 0) is 0 Å². The Morgan fingerprint density at radius 1 is 1.73 bits per heavy atom. The highest BCUT2D eigenvalue weighted by molar-refractivity contribution is 7.09. The summed E-state index contributed by atoms with van der Waals surface area (Å²) in [6.45, 7) is 4.94. The molecule has 0 aliphatic heterocycles. The predicted molar refractivity (Wildman–Crippen MR) is 48.9 cm³/mol. The minimum Gasteiger partial charge on any atom is -0.330 e. The van der Waals surface area contributed by atoms with Gasteiger partial charge >= 0.3 is 0 Å². The Labute approximate surface area is 71.5 Å². The SMILES string of the molecule is Cc1csc(C(C)CCN)n1. The summed E-state index contributed by atoms with van der Waals surface area (Å²) in [6.07, 6.45) is 1.03. The minimum atomic E-state index is 0.527. The summed E-state index contributed by atoms with van der Waals surface area (Å²) in [5.74, 6) is 0.527. The molecular formula is C8H14N2S. The van der Waals surface area contributed by atoms with Crippen LogP contribution in [0.1, 0.15) is 30.0 Å². The highest BCUT2D eigenvalue weighted by Crippen LogP contribution is 2.21. The van der Waals surface area contributed by atoms with Crippen molar-refractivity contribution in [2.45, 2.75) is 26.2 Å². The van der Waals surface area contributed by atoms with Crippen molar-refractivity contribution in [3.8, 4) is 0 Å². The topological polar surface area (TPSA) is 38.9 Å². The van der Waals surface area contributed by atoms with Crippen LogP contribution >= 0.6 is 11.3 Å². The van der Waals surface area contributed by atoms with Gasteiger partial charge in [0, 0.05) is 17.0 Å². The monoisotopic (exact) mass is 170 g/mol. The lowest BCUT2D eigenvalue weighted by atomic mass is 10.1. The zero-order valence-corrected chi connectivity index (χ0v) is 7.82. The van der Waals surface area contributed by atoms with Crippen molar-refractivity contribution in [3.63, 3.8) is 0 Å². The second kappa shape index (κ2) is 3.83. The molecule has 62 valence electrons. The molecule has 11 heavy (non-hydrogen) atoms. The highest BCUT2D eigenvalue weighted by Gasteiger charge is 2.07. The van der Waals surface area contributed by atoms with E-state index < -0.39 is 0 Å². The largest absolute Gasteiger partial charge is 0.330 e. The Morgan fingerprint density at radius 3 is 2.91 bits per heavy atom. The molecule has 1 heterocycles. The number of nitrogens with two attached hydrogens (primary N) is 1. The first-order valence-corrected chi connectivity index (χ1v) is 4.74. The smallest absolute Gasteiger partial charge is 0.0956 e. The summed E-state index contributed by atoms with van der Waals surface area (Å²) >= 11 is 1.73. The lowest BCUT2D eigenvalue weighted by molar-refractivity contribution is 0.683. The molecule has 1 rings (SSSR count). The van der Waals surface area contributed by atoms with Gasteiger partial charge in [-0.2, -0.15) is 0 Å². The average Bonchev–Trinajstić information content (AvgIpc) is 2.36. The van der Waals surface area contributed by atoms with E-state index in [-0.39, 0.29) is 0 Å². The second-order valence-corrected chi connectivity index (χ2v) is 3.70. The fourth-order valence-corrected chi connectivity index (χ4v) is 1.86. The first-order valence-electron chi connectivity index (χ1n) is 3.86. The van der Waals surface area contributed by atoms with Gasteiger partial charge in [0.1, 0.15) is 0 Å². The van der Waals surface area contributed by atoms with Gasteiger partial charge in [0.05, 0.1) is 5.01 Å². The number of thiazole rings is 1. The number of aromatic nitrogens is 1. The Hall–Kier alpha value is -0.410. The number of hydrogen-bond acceptors (Lipinski definition) is 3. The van der Waals surface area contributed by atoms with Gasteiger partial charge in [-0.1, -0.05) is 6.92 Å². The van der Waals surface area contributed by atoms with E-state index in [1.54, 1.807) is 11.3 Å². The van der Waals surface area contributed by atoms with Crippen molar-refractivity contribution in [2.75, 3.05) is 6.54 Å². The van der Waals surface area contributed by atoms with Crippen LogP contribution in [0.15, 0.2) is 5.38 Å². The average molecular weight is 170 g/mol. The van der Waals surface area contributed by atoms with E-state index in [4.69, 9.17) is 5.73 Å². The molecule has 2 nitrogen and oxygen atoms in total. The number of hydrogen-bond donors (Lipinski definition) is 1. The summed E-state index contributed by atoms with van der Waals surface area (Å²) in [5.41, 5.74) is 6.57. The van der Waals surface area contributed by atoms with E-state index >= 15 is 0 Å². The Bertz CT molecular complexity index is 220. The Balaban J connectivity index is 2.60. The fourth-order valence-electron chi connectivity index (χ4n) is 0.972. The highest BCUT2D eigenvalue weighted by atomic mass is 32.1. The lowest BCUT2D eigenvalue weighted by Crippen LogP contribution is -2.04. The normalized spacial score (nSPS) is 13.4. The molecule has 1 aromatic rings. The van der Waals surface area contributed by atoms with Crippen molar-refractivity contribution in [2.24, 2.45) is 5.73 Å². The molecule has 1 unspecified atom stereocenters. The van der Waals surface area contributed by atoms with E-state index in [0.29, 0.717) is 5.92 Å². The summed E-state index contributed by atoms with van der Waals surface area (Å²) in [4.78, 5) is 4.39. The van der Waals surface area contributed by atoms with Gasteiger partial charge in [0.2, 0.25) is 0 Å². The van der Waals surface area contributed by atoms with Crippen LogP contribution in [0.5, 0.6) is 0 Å². The van der Waals surface area contributed by atoms with Crippen LogP contribution in [0, 0.1) is 6.92 Å². The van der Waals surface area contributed by atoms with Crippen LogP contribution < -0.4 is 5.73 Å². The molecule has 0 bridgehead atoms. The quantitative estimate of drug-likeness (QED) is 0.752. The molecule has 0 amide bonds. The van der Waals surface area contributed by atoms with Crippen molar-refractivity contribution in [1.29, 1.82) is 0 Å². The molecule has 2 N–H and O–H groups in total. The third-order valence-corrected chi connectivity index (χ3v) is 2.85. The van der Waals surface area contributed by atoms with Crippen LogP contribution in [0.4, 0.5) is 0 Å². The molecule has 0 saturated heterocycles. The van der Waals surface area contributed by atoms with Gasteiger partial charge in [0.15, 0.2) is 0 Å². The van der Waals surface area contributed by atoms with Crippen LogP contribution in [0.3, 0.4) is 0 Å². The molecule has 0 fully saturated rings. The maximum Gasteiger partial charge on any atom is 0.0956 e. The standard InChI is InChI=1S/C8H14N2S/c1-6(3-4-9)8-10-7(2)5-11-8/h5-6H,3-4,9H2,1-2H3. The van der Waals surface area contributed by atoms with E-state index in [2.05, 4.69) is 17.3 Å². The van der Waals surface area contributed by atoms with E-state index in [1.807, 2.05) is 6.92 Å². The molecule has 0 aliphatic rings. The van der Waals surface area contributed by atoms with Crippen molar-refractivity contribution < 1.29 is 0 Å². The van der Waals surface area contributed by atoms with E-state index in [9.17, 15) is 0 Å². The molecule has 1 aromatic heterocycles. The molecule has 0 spiro atoms. The van der Waals surface area contributed by atoms with Crippen LogP contribution in [0.25, 0.3) is 0 Å². The Kier molecular flexibility index (Phi) is 3.02. The zero-order valence-electron chi connectivity index (χ0n) is 7.00. The van der Waals surface area contributed by atoms with Crippen LogP contribution in [0.2, 0.25) is 0 Å². The van der Waals surface area contributed by atoms with Gasteiger partial charge in [-0.15, -0.1) is 11.3 Å². The maximum atomic E-state index is 5.45. The zero-order chi connectivity index (χ0) is 8.27. The van der Waals surface area contributed by atoms with Crippen molar-refractivity contribution in [1.82, 2.24) is 4.98 Å². The van der Waals surface area contributed by atoms with Crippen LogP contribution in [-0.4, -0.2) is 11.5 Å². The third-order valence-electron chi connectivity index (χ3n) is 1.66. The van der Waals surface area contributed by atoms with Gasteiger partial charge < -0.3 is 5.73 Å². The predicted octanol–water partition coefficient (Wildman–Crippen LogP) is 1.90. The molecule has 0 radical (unpaired) electrons. The van der Waals surface area contributed by atoms with Gasteiger partial charge in [-0.25, -0.2) is 4.98 Å². The molecular weight excluding hydrogens is 156 g/mol. The van der Waals surface area contributed by atoms with Gasteiger partial charge in [-0.05, 0) is 19.9 Å². The molecule has 0 saturated carbocycles. The first kappa shape index (κ1) is 8.68.